The Balaban J connectivity index is 2.75. The fraction of sp³-hybridized carbons (Fsp3) is 0.111. The van der Waals surface area contributed by atoms with Crippen LogP contribution in [0.3, 0.4) is 0 Å². The molecule has 0 radical (unpaired) electrons. The van der Waals surface area contributed by atoms with Gasteiger partial charge in [-0.2, -0.15) is 5.10 Å². The minimum absolute atomic E-state index is 0.118. The third-order valence-electron chi connectivity index (χ3n) is 1.82. The first kappa shape index (κ1) is 8.26. The zero-order valence-electron chi connectivity index (χ0n) is 6.99. The molecule has 1 heterocycles. The molecule has 0 aliphatic carbocycles. The van der Waals surface area contributed by atoms with Crippen molar-refractivity contribution in [3.63, 3.8) is 0 Å². The standard InChI is InChI=1S/C9H7ClN2O/c1-6(13)12-5-7-8(10)3-2-4-9(7)11-12/h2-5H,1H3. The SMILES string of the molecule is CC(=O)n1cc2c(Cl)cccc2n1. The summed E-state index contributed by atoms with van der Waals surface area (Å²) in [6.07, 6.45) is 1.64. The highest BCUT2D eigenvalue weighted by Crippen LogP contribution is 2.21. The number of hydrogen-bond donors (Lipinski definition) is 0. The minimum atomic E-state index is -0.118. The molecule has 3 nitrogen and oxygen atoms in total. The van der Waals surface area contributed by atoms with Crippen LogP contribution in [0.1, 0.15) is 11.7 Å². The van der Waals surface area contributed by atoms with E-state index < -0.39 is 0 Å². The topological polar surface area (TPSA) is 34.9 Å². The van der Waals surface area contributed by atoms with Crippen LogP contribution in [0, 0.1) is 0 Å². The third kappa shape index (κ3) is 1.31. The monoisotopic (exact) mass is 194 g/mol. The first-order valence-electron chi connectivity index (χ1n) is 3.83. The average molecular weight is 195 g/mol. The van der Waals surface area contributed by atoms with Crippen LogP contribution >= 0.6 is 11.6 Å². The number of hydrogen-bond acceptors (Lipinski definition) is 2. The molecule has 0 atom stereocenters. The van der Waals surface area contributed by atoms with Crippen LogP contribution in [0.15, 0.2) is 24.4 Å². The van der Waals surface area contributed by atoms with Crippen molar-refractivity contribution in [2.45, 2.75) is 6.92 Å². The number of halogens is 1. The van der Waals surface area contributed by atoms with Gasteiger partial charge in [-0.1, -0.05) is 17.7 Å². The first-order valence-corrected chi connectivity index (χ1v) is 4.21. The summed E-state index contributed by atoms with van der Waals surface area (Å²) >= 11 is 5.91. The Kier molecular flexibility index (Phi) is 1.81. The molecule has 0 unspecified atom stereocenters. The van der Waals surface area contributed by atoms with Crippen molar-refractivity contribution in [2.24, 2.45) is 0 Å². The molecule has 2 aromatic rings. The molecule has 0 saturated carbocycles. The summed E-state index contributed by atoms with van der Waals surface area (Å²) in [6.45, 7) is 1.46. The number of carbonyl (C=O) groups excluding carboxylic acids is 1. The number of aromatic nitrogens is 2. The van der Waals surface area contributed by atoms with Crippen molar-refractivity contribution >= 4 is 28.4 Å². The fourth-order valence-electron chi connectivity index (χ4n) is 1.17. The van der Waals surface area contributed by atoms with Crippen LogP contribution in [0.5, 0.6) is 0 Å². The quantitative estimate of drug-likeness (QED) is 0.645. The van der Waals surface area contributed by atoms with Gasteiger partial charge < -0.3 is 0 Å². The van der Waals surface area contributed by atoms with E-state index in [0.717, 1.165) is 10.9 Å². The molecule has 0 amide bonds. The van der Waals surface area contributed by atoms with Crippen molar-refractivity contribution in [1.82, 2.24) is 9.78 Å². The lowest BCUT2D eigenvalue weighted by Gasteiger charge is -1.87. The summed E-state index contributed by atoms with van der Waals surface area (Å²) in [6, 6.07) is 5.40. The second-order valence-electron chi connectivity index (χ2n) is 2.77. The summed E-state index contributed by atoms with van der Waals surface area (Å²) in [5, 5.41) is 5.48. The van der Waals surface area contributed by atoms with Crippen molar-refractivity contribution in [3.8, 4) is 0 Å². The third-order valence-corrected chi connectivity index (χ3v) is 2.15. The number of carbonyl (C=O) groups is 1. The molecule has 1 aromatic heterocycles. The molecular weight excluding hydrogens is 188 g/mol. The van der Waals surface area contributed by atoms with Crippen LogP contribution in [0.4, 0.5) is 0 Å². The second-order valence-corrected chi connectivity index (χ2v) is 3.17. The predicted molar refractivity (Wildman–Crippen MR) is 51.0 cm³/mol. The lowest BCUT2D eigenvalue weighted by atomic mass is 10.3. The fourth-order valence-corrected chi connectivity index (χ4v) is 1.39. The van der Waals surface area contributed by atoms with E-state index in [4.69, 9.17) is 11.6 Å². The van der Waals surface area contributed by atoms with Gasteiger partial charge in [-0.05, 0) is 12.1 Å². The van der Waals surface area contributed by atoms with Gasteiger partial charge in [0.2, 0.25) is 5.91 Å². The van der Waals surface area contributed by atoms with Gasteiger partial charge in [0.25, 0.3) is 0 Å². The molecule has 2 rings (SSSR count). The number of nitrogens with zero attached hydrogens (tertiary/aromatic N) is 2. The smallest absolute Gasteiger partial charge is 0.243 e. The van der Waals surface area contributed by atoms with Crippen LogP contribution in [-0.2, 0) is 0 Å². The van der Waals surface area contributed by atoms with Crippen LogP contribution in [0.2, 0.25) is 5.02 Å². The van der Waals surface area contributed by atoms with E-state index in [1.165, 1.54) is 11.6 Å². The molecule has 0 fully saturated rings. The highest BCUT2D eigenvalue weighted by atomic mass is 35.5. The van der Waals surface area contributed by atoms with Gasteiger partial charge in [0, 0.05) is 18.5 Å². The molecule has 0 aliphatic heterocycles. The maximum atomic E-state index is 11.0. The highest BCUT2D eigenvalue weighted by molar-refractivity contribution is 6.35. The minimum Gasteiger partial charge on any atom is -0.273 e. The predicted octanol–water partition coefficient (Wildman–Crippen LogP) is 2.35. The molecule has 0 spiro atoms. The van der Waals surface area contributed by atoms with Gasteiger partial charge in [0.05, 0.1) is 10.5 Å². The Morgan fingerprint density at radius 3 is 2.92 bits per heavy atom. The summed E-state index contributed by atoms with van der Waals surface area (Å²) < 4.78 is 1.29. The molecular formula is C9H7ClN2O. The second kappa shape index (κ2) is 2.85. The van der Waals surface area contributed by atoms with Gasteiger partial charge in [-0.3, -0.25) is 4.79 Å². The van der Waals surface area contributed by atoms with E-state index >= 15 is 0 Å². The molecule has 0 aliphatic rings. The largest absolute Gasteiger partial charge is 0.273 e. The Morgan fingerprint density at radius 1 is 1.54 bits per heavy atom. The van der Waals surface area contributed by atoms with E-state index in [1.807, 2.05) is 12.1 Å². The van der Waals surface area contributed by atoms with E-state index in [9.17, 15) is 4.79 Å². The Hall–Kier alpha value is -1.35. The summed E-state index contributed by atoms with van der Waals surface area (Å²) in [5.41, 5.74) is 0.739. The molecule has 1 aromatic carbocycles. The first-order chi connectivity index (χ1) is 6.18. The van der Waals surface area contributed by atoms with Crippen molar-refractivity contribution in [3.05, 3.63) is 29.4 Å². The lowest BCUT2D eigenvalue weighted by molar-refractivity contribution is 0.0922. The van der Waals surface area contributed by atoms with Gasteiger partial charge in [0.1, 0.15) is 0 Å². The Morgan fingerprint density at radius 2 is 2.31 bits per heavy atom. The van der Waals surface area contributed by atoms with Crippen LogP contribution in [0.25, 0.3) is 10.9 Å². The van der Waals surface area contributed by atoms with Crippen molar-refractivity contribution < 1.29 is 4.79 Å². The normalized spacial score (nSPS) is 10.6. The van der Waals surface area contributed by atoms with Gasteiger partial charge in [-0.15, -0.1) is 0 Å². The Labute approximate surface area is 79.9 Å². The molecule has 0 saturated heterocycles. The van der Waals surface area contributed by atoms with Crippen LogP contribution < -0.4 is 0 Å². The number of rotatable bonds is 0. The Bertz CT molecular complexity index is 475. The zero-order chi connectivity index (χ0) is 9.42. The van der Waals surface area contributed by atoms with E-state index in [-0.39, 0.29) is 5.91 Å². The molecule has 4 heteroatoms. The van der Waals surface area contributed by atoms with Gasteiger partial charge >= 0.3 is 0 Å². The summed E-state index contributed by atoms with van der Waals surface area (Å²) in [4.78, 5) is 11.0. The molecule has 66 valence electrons. The summed E-state index contributed by atoms with van der Waals surface area (Å²) in [7, 11) is 0. The molecule has 13 heavy (non-hydrogen) atoms. The van der Waals surface area contributed by atoms with Gasteiger partial charge in [-0.25, -0.2) is 4.68 Å². The maximum absolute atomic E-state index is 11.0. The highest BCUT2D eigenvalue weighted by Gasteiger charge is 2.05. The zero-order valence-corrected chi connectivity index (χ0v) is 7.75. The maximum Gasteiger partial charge on any atom is 0.243 e. The molecule has 0 bridgehead atoms. The van der Waals surface area contributed by atoms with Crippen molar-refractivity contribution in [2.75, 3.05) is 0 Å². The average Bonchev–Trinajstić information content (AvgIpc) is 2.49. The van der Waals surface area contributed by atoms with E-state index in [0.29, 0.717) is 5.02 Å². The van der Waals surface area contributed by atoms with Crippen LogP contribution in [-0.4, -0.2) is 15.7 Å². The number of fused-ring (bicyclic) bond motifs is 1. The lowest BCUT2D eigenvalue weighted by Crippen LogP contribution is -2.04. The summed E-state index contributed by atoms with van der Waals surface area (Å²) in [5.74, 6) is -0.118. The van der Waals surface area contributed by atoms with E-state index in [1.54, 1.807) is 12.3 Å². The van der Waals surface area contributed by atoms with Crippen molar-refractivity contribution in [1.29, 1.82) is 0 Å². The molecule has 0 N–H and O–H groups in total. The van der Waals surface area contributed by atoms with E-state index in [2.05, 4.69) is 5.10 Å². The number of benzene rings is 1. The van der Waals surface area contributed by atoms with Gasteiger partial charge in [0.15, 0.2) is 0 Å².